The van der Waals surface area contributed by atoms with Crippen molar-refractivity contribution < 1.29 is 0 Å². The molecule has 28 heavy (non-hydrogen) atoms. The molecule has 1 aliphatic rings. The second-order valence-electron chi connectivity index (χ2n) is 7.37. The third-order valence-corrected chi connectivity index (χ3v) is 6.04. The van der Waals surface area contributed by atoms with E-state index in [1.165, 1.54) is 12.8 Å². The number of hydrogen-bond acceptors (Lipinski definition) is 3. The molecule has 0 saturated carbocycles. The smallest absolute Gasteiger partial charge is 0.204 e. The number of nitrogens with zero attached hydrogens (tertiary/aromatic N) is 4. The van der Waals surface area contributed by atoms with Gasteiger partial charge in [0.25, 0.3) is 0 Å². The first-order chi connectivity index (χ1) is 13.5. The SMILES string of the molecule is C[C@H]1CCCN(Cn2nc(-c3ccc(Cl)cc3Cl)n(-c3ccccc3)c2=S)C1. The number of piperidine rings is 1. The molecule has 4 nitrogen and oxygen atoms in total. The van der Waals surface area contributed by atoms with Crippen LogP contribution in [0, 0.1) is 10.7 Å². The molecule has 0 aliphatic carbocycles. The molecule has 4 rings (SSSR count). The highest BCUT2D eigenvalue weighted by Crippen LogP contribution is 2.31. The lowest BCUT2D eigenvalue weighted by Crippen LogP contribution is -2.36. The number of likely N-dealkylation sites (tertiary alicyclic amines) is 1. The zero-order valence-electron chi connectivity index (χ0n) is 15.7. The van der Waals surface area contributed by atoms with E-state index < -0.39 is 0 Å². The number of halogens is 2. The summed E-state index contributed by atoms with van der Waals surface area (Å²) in [5, 5.41) is 6.03. The molecular formula is C21H22Cl2N4S. The summed E-state index contributed by atoms with van der Waals surface area (Å²) in [4.78, 5) is 2.42. The lowest BCUT2D eigenvalue weighted by Gasteiger charge is -2.30. The Hall–Kier alpha value is -1.66. The van der Waals surface area contributed by atoms with E-state index in [2.05, 4.69) is 11.8 Å². The van der Waals surface area contributed by atoms with Crippen LogP contribution < -0.4 is 0 Å². The van der Waals surface area contributed by atoms with Crippen molar-refractivity contribution in [2.24, 2.45) is 5.92 Å². The Morgan fingerprint density at radius 1 is 1.14 bits per heavy atom. The zero-order chi connectivity index (χ0) is 19.7. The molecule has 1 fully saturated rings. The van der Waals surface area contributed by atoms with Crippen molar-refractivity contribution in [2.75, 3.05) is 13.1 Å². The molecule has 0 amide bonds. The van der Waals surface area contributed by atoms with Crippen LogP contribution in [0.1, 0.15) is 19.8 Å². The van der Waals surface area contributed by atoms with Gasteiger partial charge >= 0.3 is 0 Å². The quantitative estimate of drug-likeness (QED) is 0.468. The first-order valence-electron chi connectivity index (χ1n) is 9.46. The Kier molecular flexibility index (Phi) is 5.88. The molecule has 0 bridgehead atoms. The van der Waals surface area contributed by atoms with Crippen LogP contribution in [-0.4, -0.2) is 32.3 Å². The van der Waals surface area contributed by atoms with Crippen molar-refractivity contribution in [1.82, 2.24) is 19.2 Å². The van der Waals surface area contributed by atoms with Gasteiger partial charge in [-0.1, -0.05) is 48.3 Å². The van der Waals surface area contributed by atoms with Gasteiger partial charge in [-0.05, 0) is 67.9 Å². The van der Waals surface area contributed by atoms with Crippen LogP contribution in [0.4, 0.5) is 0 Å². The van der Waals surface area contributed by atoms with Crippen LogP contribution in [0.25, 0.3) is 17.1 Å². The summed E-state index contributed by atoms with van der Waals surface area (Å²) in [7, 11) is 0. The Labute approximate surface area is 180 Å². The molecule has 2 aromatic carbocycles. The summed E-state index contributed by atoms with van der Waals surface area (Å²) in [6, 6.07) is 15.5. The molecule has 0 radical (unpaired) electrons. The van der Waals surface area contributed by atoms with E-state index in [9.17, 15) is 0 Å². The highest BCUT2D eigenvalue weighted by molar-refractivity contribution is 7.71. The van der Waals surface area contributed by atoms with Gasteiger partial charge in [0.15, 0.2) is 5.82 Å². The maximum atomic E-state index is 6.50. The Morgan fingerprint density at radius 3 is 2.64 bits per heavy atom. The fourth-order valence-electron chi connectivity index (χ4n) is 3.76. The number of para-hydroxylation sites is 1. The second kappa shape index (κ2) is 8.37. The van der Waals surface area contributed by atoms with Crippen molar-refractivity contribution >= 4 is 35.4 Å². The van der Waals surface area contributed by atoms with Gasteiger partial charge in [0.05, 0.1) is 11.7 Å². The first kappa shape index (κ1) is 19.6. The van der Waals surface area contributed by atoms with E-state index in [-0.39, 0.29) is 0 Å². The highest BCUT2D eigenvalue weighted by atomic mass is 35.5. The monoisotopic (exact) mass is 432 g/mol. The molecule has 3 aromatic rings. The second-order valence-corrected chi connectivity index (χ2v) is 8.58. The summed E-state index contributed by atoms with van der Waals surface area (Å²) in [5.74, 6) is 1.42. The maximum Gasteiger partial charge on any atom is 0.204 e. The van der Waals surface area contributed by atoms with Crippen LogP contribution in [0.2, 0.25) is 10.0 Å². The molecule has 1 saturated heterocycles. The third kappa shape index (κ3) is 4.03. The Bertz CT molecular complexity index is 1030. The predicted octanol–water partition coefficient (Wildman–Crippen LogP) is 6.07. The zero-order valence-corrected chi connectivity index (χ0v) is 18.0. The summed E-state index contributed by atoms with van der Waals surface area (Å²) in [5.41, 5.74) is 1.78. The molecule has 0 spiro atoms. The molecule has 1 aliphatic heterocycles. The fourth-order valence-corrected chi connectivity index (χ4v) is 4.54. The lowest BCUT2D eigenvalue weighted by atomic mass is 10.0. The van der Waals surface area contributed by atoms with Gasteiger partial charge in [-0.15, -0.1) is 5.10 Å². The number of hydrogen-bond donors (Lipinski definition) is 0. The fraction of sp³-hybridized carbons (Fsp3) is 0.333. The summed E-state index contributed by atoms with van der Waals surface area (Å²) in [6.45, 7) is 5.12. The predicted molar refractivity (Wildman–Crippen MR) is 118 cm³/mol. The van der Waals surface area contributed by atoms with Crippen LogP contribution in [0.15, 0.2) is 48.5 Å². The summed E-state index contributed by atoms with van der Waals surface area (Å²) < 4.78 is 4.55. The highest BCUT2D eigenvalue weighted by Gasteiger charge is 2.21. The molecular weight excluding hydrogens is 411 g/mol. The van der Waals surface area contributed by atoms with Crippen molar-refractivity contribution in [2.45, 2.75) is 26.4 Å². The van der Waals surface area contributed by atoms with Crippen LogP contribution >= 0.6 is 35.4 Å². The number of benzene rings is 2. The third-order valence-electron chi connectivity index (χ3n) is 5.10. The molecule has 0 N–H and O–H groups in total. The minimum Gasteiger partial charge on any atom is -0.284 e. The van der Waals surface area contributed by atoms with E-state index in [0.717, 1.165) is 30.2 Å². The Balaban J connectivity index is 1.81. The van der Waals surface area contributed by atoms with E-state index in [4.69, 9.17) is 40.5 Å². The van der Waals surface area contributed by atoms with Gasteiger partial charge < -0.3 is 0 Å². The minimum atomic E-state index is 0.559. The van der Waals surface area contributed by atoms with Crippen LogP contribution in [-0.2, 0) is 6.67 Å². The summed E-state index contributed by atoms with van der Waals surface area (Å²) in [6.07, 6.45) is 2.50. The van der Waals surface area contributed by atoms with Gasteiger partial charge in [-0.2, -0.15) is 0 Å². The normalized spacial score (nSPS) is 17.8. The molecule has 0 unspecified atom stereocenters. The van der Waals surface area contributed by atoms with Crippen molar-refractivity contribution in [3.8, 4) is 17.1 Å². The Morgan fingerprint density at radius 2 is 1.93 bits per heavy atom. The van der Waals surface area contributed by atoms with Gasteiger partial charge in [-0.3, -0.25) is 9.47 Å². The average Bonchev–Trinajstić information content (AvgIpc) is 2.98. The minimum absolute atomic E-state index is 0.559. The standard InChI is InChI=1S/C21H22Cl2N4S/c1-15-6-5-11-25(13-15)14-26-21(28)27(17-7-3-2-4-8-17)20(24-26)18-10-9-16(22)12-19(18)23/h2-4,7-10,12,15H,5-6,11,13-14H2,1H3/t15-/m0/s1. The molecule has 1 atom stereocenters. The van der Waals surface area contributed by atoms with Gasteiger partial charge in [0.2, 0.25) is 4.77 Å². The topological polar surface area (TPSA) is 26.0 Å². The molecule has 2 heterocycles. The average molecular weight is 433 g/mol. The van der Waals surface area contributed by atoms with Gasteiger partial charge in [-0.25, -0.2) is 4.68 Å². The number of aromatic nitrogens is 3. The van der Waals surface area contributed by atoms with E-state index >= 15 is 0 Å². The van der Waals surface area contributed by atoms with Gasteiger partial charge in [0.1, 0.15) is 0 Å². The van der Waals surface area contributed by atoms with E-state index in [1.54, 1.807) is 6.07 Å². The van der Waals surface area contributed by atoms with Crippen molar-refractivity contribution in [1.29, 1.82) is 0 Å². The summed E-state index contributed by atoms with van der Waals surface area (Å²) >= 11 is 18.4. The maximum absolute atomic E-state index is 6.50. The van der Waals surface area contributed by atoms with E-state index in [0.29, 0.717) is 27.4 Å². The van der Waals surface area contributed by atoms with Gasteiger partial charge in [0, 0.05) is 22.8 Å². The van der Waals surface area contributed by atoms with E-state index in [1.807, 2.05) is 51.7 Å². The lowest BCUT2D eigenvalue weighted by molar-refractivity contribution is 0.138. The largest absolute Gasteiger partial charge is 0.284 e. The number of rotatable bonds is 4. The van der Waals surface area contributed by atoms with Crippen molar-refractivity contribution in [3.63, 3.8) is 0 Å². The molecule has 1 aromatic heterocycles. The van der Waals surface area contributed by atoms with Crippen LogP contribution in [0.5, 0.6) is 0 Å². The molecule has 146 valence electrons. The molecule has 7 heteroatoms. The van der Waals surface area contributed by atoms with Crippen LogP contribution in [0.3, 0.4) is 0 Å². The van der Waals surface area contributed by atoms with Crippen molar-refractivity contribution in [3.05, 3.63) is 63.3 Å². The first-order valence-corrected chi connectivity index (χ1v) is 10.6.